The van der Waals surface area contributed by atoms with Gasteiger partial charge in [-0.3, -0.25) is 9.63 Å². The minimum absolute atomic E-state index is 0.305. The Morgan fingerprint density at radius 1 is 1.61 bits per heavy atom. The summed E-state index contributed by atoms with van der Waals surface area (Å²) in [5.74, 6) is 0.699. The van der Waals surface area contributed by atoms with Crippen LogP contribution in [0.2, 0.25) is 5.02 Å². The van der Waals surface area contributed by atoms with Gasteiger partial charge in [0.25, 0.3) is 5.91 Å². The third-order valence-electron chi connectivity index (χ3n) is 2.77. The van der Waals surface area contributed by atoms with Crippen molar-refractivity contribution in [1.29, 1.82) is 0 Å². The van der Waals surface area contributed by atoms with Gasteiger partial charge in [-0.05, 0) is 24.8 Å². The molecule has 0 radical (unpaired) electrons. The van der Waals surface area contributed by atoms with E-state index in [1.165, 1.54) is 39.3 Å². The smallest absolute Gasteiger partial charge is 0.278 e. The quantitative estimate of drug-likeness (QED) is 0.770. The third-order valence-corrected chi connectivity index (χ3v) is 3.04. The molecule has 98 valence electrons. The van der Waals surface area contributed by atoms with Crippen LogP contribution in [0.4, 0.5) is 0 Å². The molecule has 5 nitrogen and oxygen atoms in total. The van der Waals surface area contributed by atoms with Gasteiger partial charge >= 0.3 is 0 Å². The van der Waals surface area contributed by atoms with E-state index < -0.39 is 0 Å². The predicted molar refractivity (Wildman–Crippen MR) is 66.6 cm³/mol. The molecule has 1 aromatic rings. The number of hydroxylamine groups is 2. The van der Waals surface area contributed by atoms with Crippen molar-refractivity contribution < 1.29 is 14.4 Å². The summed E-state index contributed by atoms with van der Waals surface area (Å²) in [4.78, 5) is 20.6. The van der Waals surface area contributed by atoms with E-state index in [4.69, 9.17) is 21.2 Å². The number of ether oxygens (including phenoxy) is 1. The topological polar surface area (TPSA) is 51.7 Å². The van der Waals surface area contributed by atoms with Crippen LogP contribution in [-0.2, 0) is 4.84 Å². The molecule has 2 rings (SSSR count). The zero-order chi connectivity index (χ0) is 13.1. The van der Waals surface area contributed by atoms with Gasteiger partial charge in [-0.25, -0.2) is 10.0 Å². The second-order valence-corrected chi connectivity index (χ2v) is 4.66. The fourth-order valence-electron chi connectivity index (χ4n) is 1.39. The Morgan fingerprint density at radius 3 is 2.89 bits per heavy atom. The van der Waals surface area contributed by atoms with Gasteiger partial charge < -0.3 is 4.74 Å². The van der Waals surface area contributed by atoms with Gasteiger partial charge in [0, 0.05) is 13.2 Å². The molecule has 0 bridgehead atoms. The van der Waals surface area contributed by atoms with Crippen LogP contribution in [0.5, 0.6) is 5.88 Å². The van der Waals surface area contributed by atoms with E-state index in [0.717, 1.165) is 5.06 Å². The number of carbonyl (C=O) groups excluding carboxylic acids is 1. The number of halogens is 1. The summed E-state index contributed by atoms with van der Waals surface area (Å²) in [5.41, 5.74) is 0.364. The van der Waals surface area contributed by atoms with Crippen LogP contribution in [0.25, 0.3) is 0 Å². The number of aromatic nitrogens is 1. The monoisotopic (exact) mass is 270 g/mol. The number of carbonyl (C=O) groups is 1. The number of amides is 1. The molecular weight excluding hydrogens is 256 g/mol. The van der Waals surface area contributed by atoms with Gasteiger partial charge in [0.05, 0.1) is 19.3 Å². The molecule has 1 heterocycles. The average Bonchev–Trinajstić information content (AvgIpc) is 3.19. The zero-order valence-electron chi connectivity index (χ0n) is 10.4. The molecule has 1 aromatic heterocycles. The van der Waals surface area contributed by atoms with Crippen LogP contribution >= 0.6 is 11.6 Å². The van der Waals surface area contributed by atoms with Crippen molar-refractivity contribution in [3.05, 3.63) is 22.8 Å². The molecule has 0 N–H and O–H groups in total. The number of nitrogens with zero attached hydrogens (tertiary/aromatic N) is 2. The molecule has 1 saturated carbocycles. The van der Waals surface area contributed by atoms with Crippen molar-refractivity contribution >= 4 is 17.5 Å². The van der Waals surface area contributed by atoms with Crippen molar-refractivity contribution in [3.63, 3.8) is 0 Å². The lowest BCUT2D eigenvalue weighted by Gasteiger charge is -2.14. The van der Waals surface area contributed by atoms with Crippen molar-refractivity contribution in [1.82, 2.24) is 10.0 Å². The number of hydrogen-bond donors (Lipinski definition) is 0. The molecule has 0 aromatic carbocycles. The molecule has 0 atom stereocenters. The third kappa shape index (κ3) is 3.11. The first-order valence-electron chi connectivity index (χ1n) is 5.72. The lowest BCUT2D eigenvalue weighted by molar-refractivity contribution is -0.0757. The Morgan fingerprint density at radius 2 is 2.33 bits per heavy atom. The fourth-order valence-corrected chi connectivity index (χ4v) is 1.62. The maximum Gasteiger partial charge on any atom is 0.278 e. The average molecular weight is 271 g/mol. The van der Waals surface area contributed by atoms with Gasteiger partial charge in [-0.1, -0.05) is 11.6 Å². The van der Waals surface area contributed by atoms with Crippen LogP contribution in [-0.4, -0.2) is 36.7 Å². The van der Waals surface area contributed by atoms with Gasteiger partial charge in [0.15, 0.2) is 0 Å². The molecule has 1 amide bonds. The van der Waals surface area contributed by atoms with Crippen molar-refractivity contribution in [2.45, 2.75) is 12.8 Å². The molecule has 0 aliphatic heterocycles. The van der Waals surface area contributed by atoms with Crippen LogP contribution in [0.1, 0.15) is 23.2 Å². The molecule has 18 heavy (non-hydrogen) atoms. The van der Waals surface area contributed by atoms with Gasteiger partial charge in [0.2, 0.25) is 5.88 Å². The Labute approximate surface area is 111 Å². The highest BCUT2D eigenvalue weighted by Crippen LogP contribution is 2.31. The standard InChI is InChI=1S/C12H15ClN2O3/c1-15(17-2)12(16)9-5-10(13)11(14-6-9)18-7-8-3-4-8/h5-6,8H,3-4,7H2,1-2H3. The normalized spacial score (nSPS) is 14.4. The second kappa shape index (κ2) is 5.54. The maximum atomic E-state index is 11.8. The molecule has 6 heteroatoms. The Kier molecular flexibility index (Phi) is 4.04. The van der Waals surface area contributed by atoms with E-state index in [0.29, 0.717) is 29.0 Å². The second-order valence-electron chi connectivity index (χ2n) is 4.25. The minimum Gasteiger partial charge on any atom is -0.476 e. The van der Waals surface area contributed by atoms with Gasteiger partial charge in [-0.2, -0.15) is 0 Å². The molecule has 1 aliphatic carbocycles. The molecule has 0 saturated heterocycles. The fraction of sp³-hybridized carbons (Fsp3) is 0.500. The first-order valence-corrected chi connectivity index (χ1v) is 6.10. The molecule has 0 spiro atoms. The summed E-state index contributed by atoms with van der Waals surface area (Å²) in [6, 6.07) is 1.54. The van der Waals surface area contributed by atoms with E-state index >= 15 is 0 Å². The Bertz CT molecular complexity index is 449. The molecular formula is C12H15ClN2O3. The SMILES string of the molecule is CON(C)C(=O)c1cnc(OCC2CC2)c(Cl)c1. The van der Waals surface area contributed by atoms with Crippen molar-refractivity contribution in [2.75, 3.05) is 20.8 Å². The van der Waals surface area contributed by atoms with Gasteiger partial charge in [0.1, 0.15) is 5.02 Å². The van der Waals surface area contributed by atoms with E-state index in [1.54, 1.807) is 0 Å². The largest absolute Gasteiger partial charge is 0.476 e. The van der Waals surface area contributed by atoms with E-state index in [9.17, 15) is 4.79 Å². The van der Waals surface area contributed by atoms with E-state index in [-0.39, 0.29) is 5.91 Å². The zero-order valence-corrected chi connectivity index (χ0v) is 11.1. The lowest BCUT2D eigenvalue weighted by Crippen LogP contribution is -2.25. The minimum atomic E-state index is -0.305. The molecule has 0 unspecified atom stereocenters. The number of hydrogen-bond acceptors (Lipinski definition) is 4. The summed E-state index contributed by atoms with van der Waals surface area (Å²) >= 11 is 6.03. The highest BCUT2D eigenvalue weighted by Gasteiger charge is 2.23. The Balaban J connectivity index is 2.05. The van der Waals surface area contributed by atoms with Crippen LogP contribution < -0.4 is 4.74 Å². The van der Waals surface area contributed by atoms with Crippen molar-refractivity contribution in [2.24, 2.45) is 5.92 Å². The molecule has 1 fully saturated rings. The number of pyridine rings is 1. The molecule has 1 aliphatic rings. The van der Waals surface area contributed by atoms with Crippen molar-refractivity contribution in [3.8, 4) is 5.88 Å². The Hall–Kier alpha value is -1.33. The van der Waals surface area contributed by atoms with Crippen LogP contribution in [0, 0.1) is 5.92 Å². The highest BCUT2D eigenvalue weighted by atomic mass is 35.5. The van der Waals surface area contributed by atoms with Crippen LogP contribution in [0.3, 0.4) is 0 Å². The van der Waals surface area contributed by atoms with E-state index in [1.807, 2.05) is 0 Å². The maximum absolute atomic E-state index is 11.8. The summed E-state index contributed by atoms with van der Waals surface area (Å²) in [5, 5.41) is 1.45. The summed E-state index contributed by atoms with van der Waals surface area (Å²) in [6.45, 7) is 0.637. The lowest BCUT2D eigenvalue weighted by atomic mass is 10.2. The summed E-state index contributed by atoms with van der Waals surface area (Å²) in [6.07, 6.45) is 3.84. The summed E-state index contributed by atoms with van der Waals surface area (Å²) in [7, 11) is 2.94. The predicted octanol–water partition coefficient (Wildman–Crippen LogP) is 2.16. The van der Waals surface area contributed by atoms with Gasteiger partial charge in [-0.15, -0.1) is 0 Å². The van der Waals surface area contributed by atoms with E-state index in [2.05, 4.69) is 4.98 Å². The first-order chi connectivity index (χ1) is 8.61. The first kappa shape index (κ1) is 13.1. The van der Waals surface area contributed by atoms with Crippen LogP contribution in [0.15, 0.2) is 12.3 Å². The summed E-state index contributed by atoms with van der Waals surface area (Å²) < 4.78 is 5.48. The highest BCUT2D eigenvalue weighted by molar-refractivity contribution is 6.32. The number of rotatable bonds is 5.